The fourth-order valence-electron chi connectivity index (χ4n) is 2.87. The van der Waals surface area contributed by atoms with Crippen molar-refractivity contribution in [2.24, 2.45) is 0 Å². The van der Waals surface area contributed by atoms with Crippen molar-refractivity contribution < 1.29 is 0 Å². The van der Waals surface area contributed by atoms with Crippen LogP contribution >= 0.6 is 11.3 Å². The van der Waals surface area contributed by atoms with Crippen LogP contribution in [0.5, 0.6) is 0 Å². The van der Waals surface area contributed by atoms with Gasteiger partial charge in [0.05, 0.1) is 5.69 Å². The summed E-state index contributed by atoms with van der Waals surface area (Å²) in [7, 11) is 1.99. The summed E-state index contributed by atoms with van der Waals surface area (Å²) in [6.07, 6.45) is 4.63. The zero-order valence-electron chi connectivity index (χ0n) is 11.2. The SMILES string of the molecule is CNCc1c(N2CCCC2(C)C)nc2sccn12. The Morgan fingerprint density at radius 3 is 3.00 bits per heavy atom. The summed E-state index contributed by atoms with van der Waals surface area (Å²) < 4.78 is 2.21. The Morgan fingerprint density at radius 2 is 2.33 bits per heavy atom. The molecule has 0 spiro atoms. The Labute approximate surface area is 112 Å². The summed E-state index contributed by atoms with van der Waals surface area (Å²) >= 11 is 1.70. The van der Waals surface area contributed by atoms with Crippen molar-refractivity contribution in [3.63, 3.8) is 0 Å². The van der Waals surface area contributed by atoms with E-state index in [0.29, 0.717) is 0 Å². The molecular weight excluding hydrogens is 244 g/mol. The number of hydrogen-bond acceptors (Lipinski definition) is 4. The van der Waals surface area contributed by atoms with Crippen LogP contribution in [0.3, 0.4) is 0 Å². The zero-order valence-corrected chi connectivity index (χ0v) is 12.0. The molecule has 0 unspecified atom stereocenters. The minimum absolute atomic E-state index is 0.229. The van der Waals surface area contributed by atoms with Crippen LogP contribution in [0.25, 0.3) is 4.96 Å². The molecule has 1 aliphatic rings. The van der Waals surface area contributed by atoms with Gasteiger partial charge in [0.1, 0.15) is 0 Å². The van der Waals surface area contributed by atoms with Gasteiger partial charge in [-0.1, -0.05) is 0 Å². The predicted molar refractivity (Wildman–Crippen MR) is 76.5 cm³/mol. The van der Waals surface area contributed by atoms with E-state index in [-0.39, 0.29) is 5.54 Å². The topological polar surface area (TPSA) is 32.6 Å². The molecule has 1 saturated heterocycles. The maximum absolute atomic E-state index is 4.84. The van der Waals surface area contributed by atoms with Gasteiger partial charge in [-0.05, 0) is 33.7 Å². The molecule has 1 aliphatic heterocycles. The van der Waals surface area contributed by atoms with E-state index in [0.717, 1.165) is 18.1 Å². The van der Waals surface area contributed by atoms with Crippen molar-refractivity contribution in [3.8, 4) is 0 Å². The van der Waals surface area contributed by atoms with Crippen molar-refractivity contribution in [1.29, 1.82) is 0 Å². The smallest absolute Gasteiger partial charge is 0.195 e. The number of nitrogens with zero attached hydrogens (tertiary/aromatic N) is 3. The summed E-state index contributed by atoms with van der Waals surface area (Å²) in [5, 5.41) is 5.36. The molecule has 0 atom stereocenters. The molecule has 0 radical (unpaired) electrons. The zero-order chi connectivity index (χ0) is 12.8. The second-order valence-electron chi connectivity index (χ2n) is 5.54. The summed E-state index contributed by atoms with van der Waals surface area (Å²) in [6.45, 7) is 6.61. The Balaban J connectivity index is 2.10. The molecule has 2 aromatic heterocycles. The molecule has 4 nitrogen and oxygen atoms in total. The molecule has 0 amide bonds. The lowest BCUT2D eigenvalue weighted by atomic mass is 10.0. The van der Waals surface area contributed by atoms with Gasteiger partial charge in [0.15, 0.2) is 10.8 Å². The number of thiazole rings is 1. The van der Waals surface area contributed by atoms with Gasteiger partial charge < -0.3 is 10.2 Å². The normalized spacial score (nSPS) is 18.9. The first-order valence-corrected chi connectivity index (χ1v) is 7.38. The molecule has 1 N–H and O–H groups in total. The average molecular weight is 264 g/mol. The number of rotatable bonds is 3. The van der Waals surface area contributed by atoms with Crippen LogP contribution in [0, 0.1) is 0 Å². The molecule has 0 aliphatic carbocycles. The van der Waals surface area contributed by atoms with E-state index >= 15 is 0 Å². The van der Waals surface area contributed by atoms with E-state index in [2.05, 4.69) is 40.0 Å². The van der Waals surface area contributed by atoms with Gasteiger partial charge in [-0.3, -0.25) is 4.40 Å². The third-order valence-corrected chi connectivity index (χ3v) is 4.60. The third kappa shape index (κ3) is 1.73. The Bertz CT molecular complexity index is 554. The number of aromatic nitrogens is 2. The van der Waals surface area contributed by atoms with Crippen LogP contribution in [0.1, 0.15) is 32.4 Å². The van der Waals surface area contributed by atoms with E-state index in [4.69, 9.17) is 4.98 Å². The van der Waals surface area contributed by atoms with Crippen molar-refractivity contribution in [3.05, 3.63) is 17.3 Å². The van der Waals surface area contributed by atoms with Crippen LogP contribution < -0.4 is 10.2 Å². The van der Waals surface area contributed by atoms with E-state index < -0.39 is 0 Å². The predicted octanol–water partition coefficient (Wildman–Crippen LogP) is 2.49. The standard InChI is InChI=1S/C13H20N4S/c1-13(2)5-4-6-17(13)11-10(9-14-3)16-7-8-18-12(16)15-11/h7-8,14H,4-6,9H2,1-3H3. The second-order valence-corrected chi connectivity index (χ2v) is 6.41. The fraction of sp³-hybridized carbons (Fsp3) is 0.615. The van der Waals surface area contributed by atoms with Crippen molar-refractivity contribution >= 4 is 22.1 Å². The van der Waals surface area contributed by atoms with Crippen molar-refractivity contribution in [2.75, 3.05) is 18.5 Å². The highest BCUT2D eigenvalue weighted by molar-refractivity contribution is 7.15. The van der Waals surface area contributed by atoms with E-state index in [9.17, 15) is 0 Å². The average Bonchev–Trinajstić information content (AvgIpc) is 2.95. The molecule has 98 valence electrons. The molecule has 2 aromatic rings. The molecule has 3 rings (SSSR count). The monoisotopic (exact) mass is 264 g/mol. The van der Waals surface area contributed by atoms with Crippen LogP contribution in [0.4, 0.5) is 5.82 Å². The highest BCUT2D eigenvalue weighted by atomic mass is 32.1. The summed E-state index contributed by atoms with van der Waals surface area (Å²) in [5.41, 5.74) is 1.51. The molecule has 5 heteroatoms. The summed E-state index contributed by atoms with van der Waals surface area (Å²) in [6, 6.07) is 0. The minimum atomic E-state index is 0.229. The Kier molecular flexibility index (Phi) is 2.83. The maximum atomic E-state index is 4.84. The molecule has 0 aromatic carbocycles. The lowest BCUT2D eigenvalue weighted by Crippen LogP contribution is -2.39. The van der Waals surface area contributed by atoms with Gasteiger partial charge in [-0.15, -0.1) is 11.3 Å². The lowest BCUT2D eigenvalue weighted by Gasteiger charge is -2.32. The first-order valence-electron chi connectivity index (χ1n) is 6.50. The van der Waals surface area contributed by atoms with Crippen LogP contribution in [0.2, 0.25) is 0 Å². The number of nitrogens with one attached hydrogen (secondary N) is 1. The van der Waals surface area contributed by atoms with Crippen LogP contribution in [-0.4, -0.2) is 28.5 Å². The first-order chi connectivity index (χ1) is 8.63. The molecule has 1 fully saturated rings. The Morgan fingerprint density at radius 1 is 1.50 bits per heavy atom. The number of fused-ring (bicyclic) bond motifs is 1. The fourth-order valence-corrected chi connectivity index (χ4v) is 3.60. The van der Waals surface area contributed by atoms with E-state index in [1.165, 1.54) is 24.4 Å². The maximum Gasteiger partial charge on any atom is 0.195 e. The molecule has 18 heavy (non-hydrogen) atoms. The largest absolute Gasteiger partial charge is 0.350 e. The lowest BCUT2D eigenvalue weighted by molar-refractivity contribution is 0.513. The van der Waals surface area contributed by atoms with Gasteiger partial charge >= 0.3 is 0 Å². The van der Waals surface area contributed by atoms with Crippen LogP contribution in [0.15, 0.2) is 11.6 Å². The number of hydrogen-bond donors (Lipinski definition) is 1. The van der Waals surface area contributed by atoms with E-state index in [1.54, 1.807) is 11.3 Å². The van der Waals surface area contributed by atoms with Crippen LogP contribution in [-0.2, 0) is 6.54 Å². The third-order valence-electron chi connectivity index (χ3n) is 3.84. The van der Waals surface area contributed by atoms with Gasteiger partial charge in [0.2, 0.25) is 0 Å². The van der Waals surface area contributed by atoms with Crippen molar-refractivity contribution in [1.82, 2.24) is 14.7 Å². The molecule has 0 bridgehead atoms. The second kappa shape index (κ2) is 4.24. The summed E-state index contributed by atoms with van der Waals surface area (Å²) in [5.74, 6) is 1.17. The molecule has 0 saturated carbocycles. The summed E-state index contributed by atoms with van der Waals surface area (Å²) in [4.78, 5) is 8.40. The number of imidazole rings is 1. The van der Waals surface area contributed by atoms with Gasteiger partial charge in [-0.25, -0.2) is 4.98 Å². The van der Waals surface area contributed by atoms with Gasteiger partial charge in [-0.2, -0.15) is 0 Å². The van der Waals surface area contributed by atoms with Gasteiger partial charge in [0, 0.05) is 30.2 Å². The minimum Gasteiger partial charge on any atom is -0.350 e. The molecule has 3 heterocycles. The highest BCUT2D eigenvalue weighted by Gasteiger charge is 2.35. The first kappa shape index (κ1) is 12.0. The van der Waals surface area contributed by atoms with E-state index in [1.807, 2.05) is 7.05 Å². The number of anilines is 1. The van der Waals surface area contributed by atoms with Gasteiger partial charge in [0.25, 0.3) is 0 Å². The van der Waals surface area contributed by atoms with Crippen molar-refractivity contribution in [2.45, 2.75) is 38.8 Å². The highest BCUT2D eigenvalue weighted by Crippen LogP contribution is 2.36. The molecular formula is C13H20N4S. The Hall–Kier alpha value is -1.07. The quantitative estimate of drug-likeness (QED) is 0.924.